The largest absolute Gasteiger partial charge is 0.366 e. The number of pyridine rings is 1. The van der Waals surface area contributed by atoms with Gasteiger partial charge in [0.15, 0.2) is 0 Å². The SMILES string of the molecule is N#Cc1ccc(C(=O)Nc2cc(C(=O)N3CCNCC3)ccc2N2CCN(C(=O)c3cccnc3)CC2)cc1. The highest BCUT2D eigenvalue weighted by molar-refractivity contribution is 6.07. The summed E-state index contributed by atoms with van der Waals surface area (Å²) in [6.45, 7) is 4.90. The molecule has 3 amide bonds. The normalized spacial score (nSPS) is 15.4. The summed E-state index contributed by atoms with van der Waals surface area (Å²) < 4.78 is 0. The molecule has 0 atom stereocenters. The van der Waals surface area contributed by atoms with Gasteiger partial charge in [-0.05, 0) is 54.6 Å². The first-order valence-corrected chi connectivity index (χ1v) is 12.9. The predicted molar refractivity (Wildman–Crippen MR) is 147 cm³/mol. The number of nitrogens with one attached hydrogen (secondary N) is 2. The molecule has 0 spiro atoms. The van der Waals surface area contributed by atoms with Crippen LogP contribution in [0, 0.1) is 11.3 Å². The Morgan fingerprint density at radius 2 is 1.49 bits per heavy atom. The van der Waals surface area contributed by atoms with Crippen molar-refractivity contribution in [3.8, 4) is 6.07 Å². The van der Waals surface area contributed by atoms with Crippen LogP contribution < -0.4 is 15.5 Å². The van der Waals surface area contributed by atoms with Crippen molar-refractivity contribution < 1.29 is 14.4 Å². The Balaban J connectivity index is 1.37. The van der Waals surface area contributed by atoms with Crippen molar-refractivity contribution in [2.24, 2.45) is 0 Å². The second-order valence-corrected chi connectivity index (χ2v) is 9.44. The Morgan fingerprint density at radius 3 is 2.15 bits per heavy atom. The van der Waals surface area contributed by atoms with Gasteiger partial charge in [-0.2, -0.15) is 5.26 Å². The first-order chi connectivity index (χ1) is 19.0. The number of carbonyl (C=O) groups excluding carboxylic acids is 3. The number of carbonyl (C=O) groups is 3. The molecule has 1 aromatic heterocycles. The molecule has 0 bridgehead atoms. The van der Waals surface area contributed by atoms with Crippen molar-refractivity contribution in [2.75, 3.05) is 62.6 Å². The van der Waals surface area contributed by atoms with Crippen molar-refractivity contribution in [3.05, 3.63) is 89.2 Å². The molecule has 5 rings (SSSR count). The number of nitriles is 1. The van der Waals surface area contributed by atoms with Crippen LogP contribution >= 0.6 is 0 Å². The zero-order chi connectivity index (χ0) is 27.2. The van der Waals surface area contributed by atoms with Gasteiger partial charge in [-0.15, -0.1) is 0 Å². The Morgan fingerprint density at radius 1 is 0.821 bits per heavy atom. The monoisotopic (exact) mass is 523 g/mol. The van der Waals surface area contributed by atoms with E-state index in [-0.39, 0.29) is 17.7 Å². The number of benzene rings is 2. The van der Waals surface area contributed by atoms with Gasteiger partial charge in [0.2, 0.25) is 0 Å². The van der Waals surface area contributed by atoms with Crippen molar-refractivity contribution in [2.45, 2.75) is 0 Å². The van der Waals surface area contributed by atoms with Crippen LogP contribution in [-0.4, -0.2) is 84.9 Å². The number of piperazine rings is 2. The van der Waals surface area contributed by atoms with Crippen molar-refractivity contribution in [3.63, 3.8) is 0 Å². The van der Waals surface area contributed by atoms with Crippen LogP contribution in [0.15, 0.2) is 67.0 Å². The maximum absolute atomic E-state index is 13.2. The second kappa shape index (κ2) is 11.8. The molecule has 0 aliphatic carbocycles. The maximum atomic E-state index is 13.2. The highest BCUT2D eigenvalue weighted by Crippen LogP contribution is 2.30. The summed E-state index contributed by atoms with van der Waals surface area (Å²) in [6.07, 6.45) is 3.21. The summed E-state index contributed by atoms with van der Waals surface area (Å²) in [7, 11) is 0. The number of amides is 3. The Hall–Kier alpha value is -4.75. The van der Waals surface area contributed by atoms with E-state index in [1.54, 1.807) is 70.7 Å². The number of nitrogens with zero attached hydrogens (tertiary/aromatic N) is 5. The third-order valence-electron chi connectivity index (χ3n) is 6.99. The Bertz CT molecular complexity index is 1390. The minimum atomic E-state index is -0.335. The summed E-state index contributed by atoms with van der Waals surface area (Å²) in [5, 5.41) is 15.3. The number of anilines is 2. The van der Waals surface area contributed by atoms with Gasteiger partial charge in [-0.3, -0.25) is 19.4 Å². The van der Waals surface area contributed by atoms with Gasteiger partial charge in [0.05, 0.1) is 28.6 Å². The van der Waals surface area contributed by atoms with Crippen LogP contribution in [-0.2, 0) is 0 Å². The fourth-order valence-electron chi connectivity index (χ4n) is 4.81. The van der Waals surface area contributed by atoms with Gasteiger partial charge in [0, 0.05) is 75.9 Å². The van der Waals surface area contributed by atoms with Crippen LogP contribution in [0.2, 0.25) is 0 Å². The van der Waals surface area contributed by atoms with Gasteiger partial charge in [-0.25, -0.2) is 0 Å². The number of hydrogen-bond acceptors (Lipinski definition) is 7. The highest BCUT2D eigenvalue weighted by Gasteiger charge is 2.26. The van der Waals surface area contributed by atoms with E-state index < -0.39 is 0 Å². The lowest BCUT2D eigenvalue weighted by Crippen LogP contribution is -2.49. The van der Waals surface area contributed by atoms with Crippen molar-refractivity contribution in [1.29, 1.82) is 5.26 Å². The molecule has 10 nitrogen and oxygen atoms in total. The Labute approximate surface area is 226 Å². The second-order valence-electron chi connectivity index (χ2n) is 9.44. The molecule has 2 saturated heterocycles. The maximum Gasteiger partial charge on any atom is 0.255 e. The minimum Gasteiger partial charge on any atom is -0.366 e. The molecule has 2 aromatic carbocycles. The molecule has 2 aliphatic rings. The minimum absolute atomic E-state index is 0.0611. The van der Waals surface area contributed by atoms with Crippen LogP contribution in [0.5, 0.6) is 0 Å². The van der Waals surface area contributed by atoms with Gasteiger partial charge >= 0.3 is 0 Å². The molecule has 0 radical (unpaired) electrons. The van der Waals surface area contributed by atoms with Crippen LogP contribution in [0.3, 0.4) is 0 Å². The molecular weight excluding hydrogens is 494 g/mol. The lowest BCUT2D eigenvalue weighted by molar-refractivity contribution is 0.0731. The smallest absolute Gasteiger partial charge is 0.255 e. The first-order valence-electron chi connectivity index (χ1n) is 12.9. The van der Waals surface area contributed by atoms with E-state index in [1.807, 2.05) is 6.07 Å². The fourth-order valence-corrected chi connectivity index (χ4v) is 4.81. The van der Waals surface area contributed by atoms with Crippen molar-refractivity contribution in [1.82, 2.24) is 20.1 Å². The molecule has 2 aliphatic heterocycles. The van der Waals surface area contributed by atoms with E-state index in [4.69, 9.17) is 5.26 Å². The number of rotatable bonds is 5. The lowest BCUT2D eigenvalue weighted by atomic mass is 10.1. The van der Waals surface area contributed by atoms with E-state index >= 15 is 0 Å². The van der Waals surface area contributed by atoms with Gasteiger partial charge in [0.25, 0.3) is 17.7 Å². The highest BCUT2D eigenvalue weighted by atomic mass is 16.2. The van der Waals surface area contributed by atoms with Crippen LogP contribution in [0.4, 0.5) is 11.4 Å². The van der Waals surface area contributed by atoms with Gasteiger partial charge in [0.1, 0.15) is 0 Å². The molecule has 10 heteroatoms. The average Bonchev–Trinajstić information content (AvgIpc) is 3.01. The summed E-state index contributed by atoms with van der Waals surface area (Å²) in [5.74, 6) is -0.476. The zero-order valence-corrected chi connectivity index (χ0v) is 21.5. The summed E-state index contributed by atoms with van der Waals surface area (Å²) in [6, 6.07) is 17.3. The molecule has 2 N–H and O–H groups in total. The zero-order valence-electron chi connectivity index (χ0n) is 21.5. The summed E-state index contributed by atoms with van der Waals surface area (Å²) in [5.41, 5.74) is 3.23. The lowest BCUT2D eigenvalue weighted by Gasteiger charge is -2.37. The third kappa shape index (κ3) is 5.89. The van der Waals surface area contributed by atoms with Crippen molar-refractivity contribution >= 4 is 29.1 Å². The third-order valence-corrected chi connectivity index (χ3v) is 6.99. The number of hydrogen-bond donors (Lipinski definition) is 2. The fraction of sp³-hybridized carbons (Fsp3) is 0.276. The molecule has 198 valence electrons. The van der Waals surface area contributed by atoms with E-state index in [2.05, 4.69) is 26.6 Å². The van der Waals surface area contributed by atoms with E-state index in [9.17, 15) is 14.4 Å². The van der Waals surface area contributed by atoms with Crippen LogP contribution in [0.25, 0.3) is 0 Å². The molecule has 3 aromatic rings. The summed E-state index contributed by atoms with van der Waals surface area (Å²) in [4.78, 5) is 49.0. The van der Waals surface area contributed by atoms with Crippen LogP contribution in [0.1, 0.15) is 36.6 Å². The quantitative estimate of drug-likeness (QED) is 0.526. The number of aromatic nitrogens is 1. The van der Waals surface area contributed by atoms with E-state index in [0.717, 1.165) is 18.8 Å². The predicted octanol–water partition coefficient (Wildman–Crippen LogP) is 2.21. The molecule has 0 saturated carbocycles. The van der Waals surface area contributed by atoms with E-state index in [0.29, 0.717) is 67.2 Å². The Kier molecular flexibility index (Phi) is 7.80. The van der Waals surface area contributed by atoms with Gasteiger partial charge in [-0.1, -0.05) is 0 Å². The molecule has 39 heavy (non-hydrogen) atoms. The molecule has 0 unspecified atom stereocenters. The first kappa shape index (κ1) is 25.9. The average molecular weight is 524 g/mol. The molecular formula is C29H29N7O3. The standard InChI is InChI=1S/C29H29N7O3/c30-19-21-3-5-22(6-4-21)27(37)33-25-18-23(28(38)35-12-10-31-11-13-35)7-8-26(25)34-14-16-36(17-15-34)29(39)24-2-1-9-32-20-24/h1-9,18,20,31H,10-17H2,(H,33,37). The molecule has 2 fully saturated rings. The molecule has 3 heterocycles. The summed E-state index contributed by atoms with van der Waals surface area (Å²) >= 11 is 0. The topological polar surface area (TPSA) is 122 Å². The van der Waals surface area contributed by atoms with E-state index in [1.165, 1.54) is 0 Å². The van der Waals surface area contributed by atoms with Gasteiger partial charge < -0.3 is 25.3 Å².